The van der Waals surface area contributed by atoms with E-state index in [9.17, 15) is 9.59 Å². The summed E-state index contributed by atoms with van der Waals surface area (Å²) in [5.74, 6) is -0.601. The molecule has 1 N–H and O–H groups in total. The van der Waals surface area contributed by atoms with Crippen LogP contribution in [0.2, 0.25) is 18.1 Å². The number of para-hydroxylation sites is 1. The first-order valence-corrected chi connectivity index (χ1v) is 18.8. The van der Waals surface area contributed by atoms with Gasteiger partial charge in [0.05, 0.1) is 17.3 Å². The molecule has 2 aromatic carbocycles. The number of ether oxygens (including phenoxy) is 1. The predicted molar refractivity (Wildman–Crippen MR) is 174 cm³/mol. The Morgan fingerprint density at radius 1 is 1.07 bits per heavy atom. The van der Waals surface area contributed by atoms with E-state index in [-0.39, 0.29) is 10.9 Å². The maximum atomic E-state index is 13.4. The zero-order valence-corrected chi connectivity index (χ0v) is 27.7. The topological polar surface area (TPSA) is 93.7 Å². The van der Waals surface area contributed by atoms with Crippen LogP contribution in [0, 0.1) is 0 Å². The number of hydrogen-bond donors (Lipinski definition) is 1. The van der Waals surface area contributed by atoms with Crippen molar-refractivity contribution in [2.24, 2.45) is 0 Å². The normalized spacial score (nSPS) is 13.7. The molecule has 0 spiro atoms. The SMILES string of the molecule is COC(=O)c1nc(N2CCc3cccc(C(=O)Nc4nc5ccccc5s4)c3C2)sc1CCCO[Si](C)(C)C(C)(C)C. The van der Waals surface area contributed by atoms with Gasteiger partial charge in [-0.2, -0.15) is 0 Å². The predicted octanol–water partition coefficient (Wildman–Crippen LogP) is 7.31. The third-order valence-electron chi connectivity index (χ3n) is 8.18. The second-order valence-corrected chi connectivity index (χ2v) is 18.9. The van der Waals surface area contributed by atoms with Crippen LogP contribution in [0.25, 0.3) is 10.2 Å². The monoisotopic (exact) mass is 622 g/mol. The van der Waals surface area contributed by atoms with Crippen molar-refractivity contribution >= 4 is 63.3 Å². The highest BCUT2D eigenvalue weighted by molar-refractivity contribution is 7.22. The number of esters is 1. The fourth-order valence-electron chi connectivity index (χ4n) is 4.72. The first-order valence-electron chi connectivity index (χ1n) is 14.2. The Kier molecular flexibility index (Phi) is 8.84. The average Bonchev–Trinajstić information content (AvgIpc) is 3.57. The van der Waals surface area contributed by atoms with Crippen molar-refractivity contribution < 1.29 is 18.8 Å². The number of aromatic nitrogens is 2. The average molecular weight is 623 g/mol. The highest BCUT2D eigenvalue weighted by Gasteiger charge is 2.37. The molecule has 11 heteroatoms. The summed E-state index contributed by atoms with van der Waals surface area (Å²) in [6, 6.07) is 13.7. The molecular formula is C31H38N4O4S2Si. The van der Waals surface area contributed by atoms with E-state index in [0.717, 1.165) is 50.7 Å². The Hall–Kier alpha value is -3.12. The number of fused-ring (bicyclic) bond motifs is 2. The van der Waals surface area contributed by atoms with Crippen LogP contribution >= 0.6 is 22.7 Å². The number of methoxy groups -OCH3 is 1. The third-order valence-corrected chi connectivity index (χ3v) is 14.9. The fraction of sp³-hybridized carbons (Fsp3) is 0.419. The third kappa shape index (κ3) is 6.44. The van der Waals surface area contributed by atoms with Crippen LogP contribution < -0.4 is 10.2 Å². The Morgan fingerprint density at radius 2 is 1.86 bits per heavy atom. The standard InChI is InChI=1S/C31H38N4O4S2Si/c1-31(2,3)42(5,6)39-18-10-15-25-26(28(37)38-4)33-30(41-25)35-17-16-20-11-9-12-21(22(20)19-35)27(36)34-29-32-23-13-7-8-14-24(23)40-29/h7-9,11-14H,10,15-19H2,1-6H3,(H,32,34,36). The molecule has 1 aliphatic heterocycles. The van der Waals surface area contributed by atoms with Gasteiger partial charge in [0.25, 0.3) is 5.91 Å². The van der Waals surface area contributed by atoms with Gasteiger partial charge in [-0.3, -0.25) is 10.1 Å². The van der Waals surface area contributed by atoms with Gasteiger partial charge < -0.3 is 14.1 Å². The number of nitrogens with one attached hydrogen (secondary N) is 1. The van der Waals surface area contributed by atoms with Gasteiger partial charge in [-0.05, 0) is 66.7 Å². The van der Waals surface area contributed by atoms with Crippen molar-refractivity contribution in [1.29, 1.82) is 0 Å². The molecule has 8 nitrogen and oxygen atoms in total. The molecule has 1 amide bonds. The highest BCUT2D eigenvalue weighted by atomic mass is 32.1. The van der Waals surface area contributed by atoms with Gasteiger partial charge in [0, 0.05) is 30.1 Å². The van der Waals surface area contributed by atoms with Crippen molar-refractivity contribution in [2.45, 2.75) is 64.7 Å². The van der Waals surface area contributed by atoms with Crippen molar-refractivity contribution in [1.82, 2.24) is 9.97 Å². The Morgan fingerprint density at radius 3 is 2.60 bits per heavy atom. The van der Waals surface area contributed by atoms with Crippen molar-refractivity contribution in [3.05, 3.63) is 69.7 Å². The molecule has 0 atom stereocenters. The lowest BCUT2D eigenvalue weighted by atomic mass is 9.94. The molecule has 0 fully saturated rings. The van der Waals surface area contributed by atoms with Crippen LogP contribution in [0.5, 0.6) is 0 Å². The minimum absolute atomic E-state index is 0.149. The van der Waals surface area contributed by atoms with Gasteiger partial charge in [0.15, 0.2) is 24.3 Å². The molecule has 3 heterocycles. The number of carbonyl (C=O) groups excluding carboxylic acids is 2. The van der Waals surface area contributed by atoms with Gasteiger partial charge in [-0.25, -0.2) is 14.8 Å². The quantitative estimate of drug-likeness (QED) is 0.119. The first-order chi connectivity index (χ1) is 20.0. The van der Waals surface area contributed by atoms with E-state index < -0.39 is 14.3 Å². The number of aryl methyl sites for hydroxylation is 1. The molecule has 2 aromatic heterocycles. The fourth-order valence-corrected chi connectivity index (χ4v) is 7.79. The van der Waals surface area contributed by atoms with Crippen molar-refractivity contribution in [2.75, 3.05) is 30.5 Å². The van der Waals surface area contributed by atoms with Gasteiger partial charge in [0.2, 0.25) is 0 Å². The highest BCUT2D eigenvalue weighted by Crippen LogP contribution is 2.37. The number of hydrogen-bond acceptors (Lipinski definition) is 9. The molecule has 0 unspecified atom stereocenters. The summed E-state index contributed by atoms with van der Waals surface area (Å²) >= 11 is 2.99. The molecule has 0 radical (unpaired) electrons. The number of carbonyl (C=O) groups is 2. The van der Waals surface area contributed by atoms with E-state index in [0.29, 0.717) is 36.0 Å². The van der Waals surface area contributed by atoms with Crippen molar-refractivity contribution in [3.63, 3.8) is 0 Å². The Bertz CT molecular complexity index is 1570. The summed E-state index contributed by atoms with van der Waals surface area (Å²) in [7, 11) is -0.449. The van der Waals surface area contributed by atoms with Crippen LogP contribution in [0.15, 0.2) is 42.5 Å². The number of rotatable bonds is 9. The maximum absolute atomic E-state index is 13.4. The summed E-state index contributed by atoms with van der Waals surface area (Å²) in [6.07, 6.45) is 2.27. The summed E-state index contributed by atoms with van der Waals surface area (Å²) < 4.78 is 12.5. The minimum Gasteiger partial charge on any atom is -0.464 e. The summed E-state index contributed by atoms with van der Waals surface area (Å²) in [4.78, 5) is 38.4. The lowest BCUT2D eigenvalue weighted by Crippen LogP contribution is -2.41. The molecule has 222 valence electrons. The number of anilines is 2. The lowest BCUT2D eigenvalue weighted by molar-refractivity contribution is 0.0593. The van der Waals surface area contributed by atoms with E-state index in [4.69, 9.17) is 14.1 Å². The van der Waals surface area contributed by atoms with E-state index >= 15 is 0 Å². The van der Waals surface area contributed by atoms with Gasteiger partial charge in [0.1, 0.15) is 0 Å². The molecule has 0 aliphatic carbocycles. The van der Waals surface area contributed by atoms with Crippen molar-refractivity contribution in [3.8, 4) is 0 Å². The summed E-state index contributed by atoms with van der Waals surface area (Å²) in [6.45, 7) is 13.1. The second kappa shape index (κ2) is 12.2. The van der Waals surface area contributed by atoms with E-state index in [1.807, 2.05) is 36.4 Å². The molecule has 0 saturated carbocycles. The Balaban J connectivity index is 1.32. The lowest BCUT2D eigenvalue weighted by Gasteiger charge is -2.36. The number of thiazole rings is 2. The number of amides is 1. The smallest absolute Gasteiger partial charge is 0.357 e. The van der Waals surface area contributed by atoms with Crippen LogP contribution in [-0.2, 0) is 28.5 Å². The zero-order chi connectivity index (χ0) is 30.1. The summed E-state index contributed by atoms with van der Waals surface area (Å²) in [5, 5.41) is 4.50. The molecule has 0 saturated heterocycles. The van der Waals surface area contributed by atoms with Crippen LogP contribution in [0.3, 0.4) is 0 Å². The van der Waals surface area contributed by atoms with Crippen LogP contribution in [0.1, 0.15) is 64.0 Å². The molecule has 1 aliphatic rings. The summed E-state index contributed by atoms with van der Waals surface area (Å²) in [5.41, 5.74) is 3.99. The number of nitrogens with zero attached hydrogens (tertiary/aromatic N) is 3. The van der Waals surface area contributed by atoms with Crippen LogP contribution in [-0.4, -0.2) is 50.4 Å². The van der Waals surface area contributed by atoms with Gasteiger partial charge in [-0.1, -0.05) is 56.4 Å². The largest absolute Gasteiger partial charge is 0.464 e. The molecule has 4 aromatic rings. The van der Waals surface area contributed by atoms with Gasteiger partial charge in [-0.15, -0.1) is 11.3 Å². The maximum Gasteiger partial charge on any atom is 0.357 e. The second-order valence-electron chi connectivity index (χ2n) is 12.0. The first kappa shape index (κ1) is 30.3. The molecule has 5 rings (SSSR count). The van der Waals surface area contributed by atoms with Crippen LogP contribution in [0.4, 0.5) is 10.3 Å². The van der Waals surface area contributed by atoms with Gasteiger partial charge >= 0.3 is 5.97 Å². The zero-order valence-electron chi connectivity index (χ0n) is 25.1. The number of benzene rings is 2. The molecule has 42 heavy (non-hydrogen) atoms. The van der Waals surface area contributed by atoms with E-state index in [1.54, 1.807) is 0 Å². The van der Waals surface area contributed by atoms with E-state index in [2.05, 4.69) is 55.1 Å². The Labute approximate surface area is 256 Å². The molecular weight excluding hydrogens is 585 g/mol. The molecule has 0 bridgehead atoms. The van der Waals surface area contributed by atoms with E-state index in [1.165, 1.54) is 29.8 Å². The minimum atomic E-state index is -1.84.